The normalized spacial score (nSPS) is 48.5. The van der Waals surface area contributed by atoms with Crippen LogP contribution in [0.15, 0.2) is 0 Å². The molecule has 52 heavy (non-hydrogen) atoms. The molecule has 7 saturated carbocycles. The lowest BCUT2D eigenvalue weighted by molar-refractivity contribution is -0.253. The van der Waals surface area contributed by atoms with E-state index < -0.39 is 5.41 Å². The highest BCUT2D eigenvalue weighted by atomic mass is 16.6. The number of rotatable bonds is 7. The van der Waals surface area contributed by atoms with Crippen molar-refractivity contribution in [2.45, 2.75) is 170 Å². The number of ether oxygens (including phenoxy) is 3. The molecule has 0 radical (unpaired) electrons. The fourth-order valence-corrected chi connectivity index (χ4v) is 15.9. The Labute approximate surface area is 314 Å². The Morgan fingerprint density at radius 2 is 1.38 bits per heavy atom. The van der Waals surface area contributed by atoms with E-state index in [0.717, 1.165) is 51.6 Å². The van der Waals surface area contributed by atoms with E-state index in [1.54, 1.807) is 0 Å². The van der Waals surface area contributed by atoms with Gasteiger partial charge in [-0.3, -0.25) is 14.4 Å². The molecule has 7 heteroatoms. The maximum Gasteiger partial charge on any atom is 0.310 e. The van der Waals surface area contributed by atoms with Crippen molar-refractivity contribution in [3.63, 3.8) is 0 Å². The lowest BCUT2D eigenvalue weighted by atomic mass is 9.32. The zero-order chi connectivity index (χ0) is 37.3. The van der Waals surface area contributed by atoms with Gasteiger partial charge in [-0.25, -0.2) is 0 Å². The molecule has 0 unspecified atom stereocenters. The number of amides is 1. The van der Waals surface area contributed by atoms with Gasteiger partial charge in [0.1, 0.15) is 12.2 Å². The predicted octanol–water partition coefficient (Wildman–Crippen LogP) is 9.00. The van der Waals surface area contributed by atoms with Crippen LogP contribution in [-0.2, 0) is 28.6 Å². The Hall–Kier alpha value is -1.63. The first-order chi connectivity index (χ1) is 24.4. The maximum atomic E-state index is 15.0. The summed E-state index contributed by atoms with van der Waals surface area (Å²) in [5.41, 5.74) is 0.377. The summed E-state index contributed by atoms with van der Waals surface area (Å²) in [6.45, 7) is 21.6. The van der Waals surface area contributed by atoms with Crippen molar-refractivity contribution in [1.82, 2.24) is 4.90 Å². The van der Waals surface area contributed by atoms with Crippen LogP contribution in [0.1, 0.15) is 152 Å². The van der Waals surface area contributed by atoms with Crippen LogP contribution >= 0.6 is 0 Å². The molecule has 7 aliphatic carbocycles. The van der Waals surface area contributed by atoms with Crippen molar-refractivity contribution < 1.29 is 28.6 Å². The van der Waals surface area contributed by atoms with Gasteiger partial charge in [0.15, 0.2) is 0 Å². The van der Waals surface area contributed by atoms with Gasteiger partial charge in [0.05, 0.1) is 17.4 Å². The topological polar surface area (TPSA) is 82.1 Å². The predicted molar refractivity (Wildman–Crippen MR) is 201 cm³/mol. The van der Waals surface area contributed by atoms with Gasteiger partial charge in [-0.2, -0.15) is 0 Å². The summed E-state index contributed by atoms with van der Waals surface area (Å²) >= 11 is 0. The van der Waals surface area contributed by atoms with Crippen LogP contribution in [0, 0.1) is 73.4 Å². The number of carbonyl (C=O) groups excluding carboxylic acids is 3. The molecule has 8 aliphatic rings. The third-order valence-corrected chi connectivity index (χ3v) is 19.7. The Morgan fingerprint density at radius 1 is 0.673 bits per heavy atom. The molecule has 1 amide bonds. The van der Waals surface area contributed by atoms with Crippen LogP contribution in [0.25, 0.3) is 0 Å². The van der Waals surface area contributed by atoms with Crippen molar-refractivity contribution in [2.24, 2.45) is 73.4 Å². The van der Waals surface area contributed by atoms with E-state index >= 15 is 0 Å². The number of methoxy groups -OCH3 is 1. The number of nitrogens with zero attached hydrogens (tertiary/aromatic N) is 1. The van der Waals surface area contributed by atoms with E-state index in [4.69, 9.17) is 14.2 Å². The molecule has 292 valence electrons. The summed E-state index contributed by atoms with van der Waals surface area (Å²) in [6.07, 6.45) is 16.7. The van der Waals surface area contributed by atoms with Crippen molar-refractivity contribution in [3.05, 3.63) is 0 Å². The number of fused-ring (bicyclic) bond motifs is 7. The third-order valence-electron chi connectivity index (χ3n) is 19.7. The standard InChI is InChI=1S/C45H71NO6/c1-39(2)31(26-35(39)51-27-47)37(48)52-34-14-17-42(6)32(40(34,3)4)13-18-44(8)33(42)11-10-30-36-29(41(5)20-21-41)12-19-45(36,23-22-43(30,44)7)38(49)46-24-15-28(50-9)16-25-46/h27-36H,10-26H2,1-9H3/t29-,30-,31-,32+,33-,34+,35-,36-,42+,43-,44-,45+/m1/s1. The molecule has 0 aromatic carbocycles. The van der Waals surface area contributed by atoms with Crippen LogP contribution in [0.4, 0.5) is 0 Å². The molecule has 0 bridgehead atoms. The van der Waals surface area contributed by atoms with Gasteiger partial charge in [-0.15, -0.1) is 0 Å². The van der Waals surface area contributed by atoms with E-state index in [0.29, 0.717) is 59.9 Å². The molecular weight excluding hydrogens is 650 g/mol. The highest BCUT2D eigenvalue weighted by Crippen LogP contribution is 2.79. The Morgan fingerprint density at radius 3 is 2.02 bits per heavy atom. The molecule has 0 aromatic heterocycles. The molecule has 1 heterocycles. The van der Waals surface area contributed by atoms with Gasteiger partial charge in [-0.05, 0) is 148 Å². The average molecular weight is 722 g/mol. The Bertz CT molecular complexity index is 1440. The molecule has 0 spiro atoms. The van der Waals surface area contributed by atoms with Crippen molar-refractivity contribution in [2.75, 3.05) is 20.2 Å². The molecule has 12 atom stereocenters. The lowest BCUT2D eigenvalue weighted by Crippen LogP contribution is -2.68. The Balaban J connectivity index is 1.04. The smallest absolute Gasteiger partial charge is 0.310 e. The van der Waals surface area contributed by atoms with E-state index in [1.165, 1.54) is 51.4 Å². The first kappa shape index (κ1) is 37.3. The third kappa shape index (κ3) is 5.00. The van der Waals surface area contributed by atoms with E-state index in [1.807, 2.05) is 21.0 Å². The molecule has 7 nitrogen and oxygen atoms in total. The van der Waals surface area contributed by atoms with Gasteiger partial charge in [0, 0.05) is 31.0 Å². The second-order valence-corrected chi connectivity index (χ2v) is 22.0. The van der Waals surface area contributed by atoms with Crippen LogP contribution in [0.2, 0.25) is 0 Å². The van der Waals surface area contributed by atoms with Gasteiger partial charge < -0.3 is 19.1 Å². The summed E-state index contributed by atoms with van der Waals surface area (Å²) in [7, 11) is 1.82. The quantitative estimate of drug-likeness (QED) is 0.193. The highest BCUT2D eigenvalue weighted by molar-refractivity contribution is 5.84. The van der Waals surface area contributed by atoms with E-state index in [9.17, 15) is 14.4 Å². The number of likely N-dealkylation sites (tertiary alicyclic amines) is 1. The molecule has 1 saturated heterocycles. The minimum atomic E-state index is -0.398. The summed E-state index contributed by atoms with van der Waals surface area (Å²) in [6, 6.07) is 0. The first-order valence-corrected chi connectivity index (χ1v) is 21.5. The molecule has 0 aromatic rings. The SMILES string of the molecule is COC1CCN(C(=O)[C@]23CC[C@@H](C4(C)CC4)[C@@H]2[C@H]2CC[C@@H]4[C@@]5(C)CC[C@H](OC(=O)[C@H]6C[C@@H](OC=O)C6(C)C)C(C)(C)[C@@H]5CC[C@@]4(C)[C@]2(C)CC3)CC1. The van der Waals surface area contributed by atoms with E-state index in [-0.39, 0.29) is 51.2 Å². The second kappa shape index (κ2) is 12.2. The lowest BCUT2D eigenvalue weighted by Gasteiger charge is -2.73. The summed E-state index contributed by atoms with van der Waals surface area (Å²) < 4.78 is 17.5. The zero-order valence-corrected chi connectivity index (χ0v) is 34.2. The van der Waals surface area contributed by atoms with Crippen LogP contribution in [0.3, 0.4) is 0 Å². The molecular formula is C45H71NO6. The number of esters is 1. The number of piperidine rings is 1. The number of hydrogen-bond donors (Lipinski definition) is 0. The largest absolute Gasteiger partial charge is 0.464 e. The number of carbonyl (C=O) groups is 3. The Kier molecular flexibility index (Phi) is 8.74. The number of hydrogen-bond acceptors (Lipinski definition) is 6. The maximum absolute atomic E-state index is 15.0. The minimum absolute atomic E-state index is 0.0926. The average Bonchev–Trinajstić information content (AvgIpc) is 3.72. The van der Waals surface area contributed by atoms with Gasteiger partial charge in [-0.1, -0.05) is 55.4 Å². The molecule has 1 aliphatic heterocycles. The van der Waals surface area contributed by atoms with Crippen LogP contribution in [-0.4, -0.2) is 61.8 Å². The van der Waals surface area contributed by atoms with Gasteiger partial charge >= 0.3 is 5.97 Å². The van der Waals surface area contributed by atoms with Crippen LogP contribution < -0.4 is 0 Å². The molecule has 8 fully saturated rings. The van der Waals surface area contributed by atoms with Crippen LogP contribution in [0.5, 0.6) is 0 Å². The van der Waals surface area contributed by atoms with Crippen molar-refractivity contribution in [1.29, 1.82) is 0 Å². The molecule has 8 rings (SSSR count). The monoisotopic (exact) mass is 722 g/mol. The fourth-order valence-electron chi connectivity index (χ4n) is 15.9. The van der Waals surface area contributed by atoms with Crippen molar-refractivity contribution >= 4 is 18.3 Å². The second-order valence-electron chi connectivity index (χ2n) is 22.0. The van der Waals surface area contributed by atoms with Gasteiger partial charge in [0.2, 0.25) is 5.91 Å². The first-order valence-electron chi connectivity index (χ1n) is 21.5. The highest BCUT2D eigenvalue weighted by Gasteiger charge is 2.74. The molecule has 0 N–H and O–H groups in total. The van der Waals surface area contributed by atoms with E-state index in [2.05, 4.69) is 46.4 Å². The van der Waals surface area contributed by atoms with Crippen molar-refractivity contribution in [3.8, 4) is 0 Å². The summed E-state index contributed by atoms with van der Waals surface area (Å²) in [5, 5.41) is 0. The summed E-state index contributed by atoms with van der Waals surface area (Å²) in [5.74, 6) is 3.09. The minimum Gasteiger partial charge on any atom is -0.464 e. The summed E-state index contributed by atoms with van der Waals surface area (Å²) in [4.78, 5) is 41.9. The fraction of sp³-hybridized carbons (Fsp3) is 0.933. The van der Waals surface area contributed by atoms with Gasteiger partial charge in [0.25, 0.3) is 6.47 Å². The zero-order valence-electron chi connectivity index (χ0n) is 34.2.